The lowest BCUT2D eigenvalue weighted by atomic mass is 9.95. The minimum absolute atomic E-state index is 0.136. The van der Waals surface area contributed by atoms with Crippen molar-refractivity contribution in [3.05, 3.63) is 96.3 Å². The van der Waals surface area contributed by atoms with Gasteiger partial charge >= 0.3 is 4.33 Å². The Morgan fingerprint density at radius 3 is 1.56 bits per heavy atom. The highest BCUT2D eigenvalue weighted by Gasteiger charge is 2.63. The zero-order valence-corrected chi connectivity index (χ0v) is 18.6. The third kappa shape index (κ3) is 4.10. The second-order valence-corrected chi connectivity index (χ2v) is 11.6. The highest BCUT2D eigenvalue weighted by Crippen LogP contribution is 2.48. The average Bonchev–Trinajstić information content (AvgIpc) is 2.78. The van der Waals surface area contributed by atoms with Crippen LogP contribution in [-0.2, 0) is 24.5 Å². The Balaban J connectivity index is 2.40. The van der Waals surface area contributed by atoms with Gasteiger partial charge in [-0.25, -0.2) is 25.6 Å². The molecule has 0 aliphatic heterocycles. The Hall–Kier alpha value is -2.91. The Morgan fingerprint density at radius 1 is 0.781 bits per heavy atom. The van der Waals surface area contributed by atoms with Crippen LogP contribution in [0.5, 0.6) is 0 Å². The molecule has 3 rings (SSSR count). The second-order valence-electron chi connectivity index (χ2n) is 7.23. The topological polar surface area (TPSA) is 85.3 Å². The first-order valence-electron chi connectivity index (χ1n) is 9.55. The fourth-order valence-corrected chi connectivity index (χ4v) is 8.06. The van der Waals surface area contributed by atoms with Crippen molar-refractivity contribution < 1.29 is 30.4 Å². The van der Waals surface area contributed by atoms with Gasteiger partial charge in [0.25, 0.3) is 0 Å². The van der Waals surface area contributed by atoms with E-state index in [1.54, 1.807) is 0 Å². The Bertz CT molecular complexity index is 1240. The molecule has 0 heterocycles. The van der Waals surface area contributed by atoms with E-state index in [0.29, 0.717) is 0 Å². The van der Waals surface area contributed by atoms with Crippen LogP contribution in [0.15, 0.2) is 94.7 Å². The quantitative estimate of drug-likeness (QED) is 0.477. The van der Waals surface area contributed by atoms with Crippen LogP contribution in [0.3, 0.4) is 0 Å². The number of carbonyl (C=O) groups excluding carboxylic acids is 1. The van der Waals surface area contributed by atoms with Crippen molar-refractivity contribution in [3.63, 3.8) is 0 Å². The number of alkyl halides is 1. The van der Waals surface area contributed by atoms with Crippen LogP contribution < -0.4 is 0 Å². The maximum absolute atomic E-state index is 17.1. The monoisotopic (exact) mass is 478 g/mol. The molecule has 0 fully saturated rings. The summed E-state index contributed by atoms with van der Waals surface area (Å²) < 4.78 is 81.1. The van der Waals surface area contributed by atoms with Gasteiger partial charge in [0.1, 0.15) is 11.6 Å². The Morgan fingerprint density at radius 2 is 1.19 bits per heavy atom. The van der Waals surface area contributed by atoms with Crippen molar-refractivity contribution in [1.29, 1.82) is 0 Å². The van der Waals surface area contributed by atoms with Gasteiger partial charge in [0, 0.05) is 6.42 Å². The molecule has 0 aliphatic carbocycles. The number of benzene rings is 3. The fourth-order valence-electron chi connectivity index (χ4n) is 3.46. The predicted molar refractivity (Wildman–Crippen MR) is 116 cm³/mol. The molecule has 5 nitrogen and oxygen atoms in total. The molecule has 0 spiro atoms. The van der Waals surface area contributed by atoms with Gasteiger partial charge in [-0.1, -0.05) is 48.5 Å². The number of sulfone groups is 2. The highest BCUT2D eigenvalue weighted by molar-refractivity contribution is 8.10. The van der Waals surface area contributed by atoms with Crippen LogP contribution in [0.4, 0.5) is 8.78 Å². The van der Waals surface area contributed by atoms with E-state index in [2.05, 4.69) is 0 Å². The first-order chi connectivity index (χ1) is 15.0. The van der Waals surface area contributed by atoms with Crippen LogP contribution >= 0.6 is 0 Å². The summed E-state index contributed by atoms with van der Waals surface area (Å²) in [5.41, 5.74) is -0.136. The molecule has 0 aliphatic rings. The minimum Gasteiger partial charge on any atom is -0.300 e. The van der Waals surface area contributed by atoms with Crippen LogP contribution in [0, 0.1) is 5.82 Å². The highest BCUT2D eigenvalue weighted by atomic mass is 32.3. The van der Waals surface area contributed by atoms with Crippen molar-refractivity contribution in [1.82, 2.24) is 0 Å². The van der Waals surface area contributed by atoms with Gasteiger partial charge in [-0.15, -0.1) is 0 Å². The van der Waals surface area contributed by atoms with Gasteiger partial charge < -0.3 is 4.79 Å². The zero-order valence-electron chi connectivity index (χ0n) is 17.0. The van der Waals surface area contributed by atoms with Crippen molar-refractivity contribution in [2.75, 3.05) is 0 Å². The van der Waals surface area contributed by atoms with E-state index in [1.807, 2.05) is 0 Å². The summed E-state index contributed by atoms with van der Waals surface area (Å²) >= 11 is 0. The molecule has 0 saturated carbocycles. The van der Waals surface area contributed by atoms with Gasteiger partial charge in [0.15, 0.2) is 0 Å². The molecule has 168 valence electrons. The number of Topliss-reactive ketones (excluding diaryl/α,β-unsaturated/α-hetero) is 1. The van der Waals surface area contributed by atoms with E-state index in [0.717, 1.165) is 55.5 Å². The van der Waals surface area contributed by atoms with E-state index in [9.17, 15) is 26.0 Å². The fraction of sp³-hybridized carbons (Fsp3) is 0.174. The summed E-state index contributed by atoms with van der Waals surface area (Å²) in [6, 6.07) is 16.7. The maximum atomic E-state index is 17.1. The molecule has 3 aromatic rings. The van der Waals surface area contributed by atoms with Gasteiger partial charge in [0.2, 0.25) is 19.7 Å². The van der Waals surface area contributed by atoms with Gasteiger partial charge in [-0.05, 0) is 48.9 Å². The van der Waals surface area contributed by atoms with Crippen LogP contribution in [0.2, 0.25) is 0 Å². The van der Waals surface area contributed by atoms with E-state index < -0.39 is 57.7 Å². The lowest BCUT2D eigenvalue weighted by Crippen LogP contribution is -2.48. The zero-order chi connectivity index (χ0) is 23.6. The molecular formula is C23H20F2O5S2. The molecule has 0 N–H and O–H groups in total. The largest absolute Gasteiger partial charge is 0.324 e. The lowest BCUT2D eigenvalue weighted by molar-refractivity contribution is -0.117. The standard InChI is InChI=1S/C23H20F2O5S2/c1-17(26)16-22(18-12-14-19(24)15-13-18)23(25,31(27,28)20-8-4-2-5-9-20)32(29,30)21-10-6-3-7-11-21/h2-15,22H,16H2,1H3/t22-/m1/s1. The molecular weight excluding hydrogens is 458 g/mol. The molecule has 1 atom stereocenters. The van der Waals surface area contributed by atoms with E-state index in [4.69, 9.17) is 0 Å². The maximum Gasteiger partial charge on any atom is 0.324 e. The van der Waals surface area contributed by atoms with Crippen molar-refractivity contribution in [2.24, 2.45) is 0 Å². The number of halogens is 2. The summed E-state index contributed by atoms with van der Waals surface area (Å²) in [6.45, 7) is 1.10. The first-order valence-corrected chi connectivity index (χ1v) is 12.5. The first kappa shape index (κ1) is 23.7. The van der Waals surface area contributed by atoms with Crippen molar-refractivity contribution >= 4 is 25.5 Å². The van der Waals surface area contributed by atoms with Crippen LogP contribution in [-0.4, -0.2) is 27.0 Å². The molecule has 0 saturated heterocycles. The predicted octanol–water partition coefficient (Wildman–Crippen LogP) is 4.46. The van der Waals surface area contributed by atoms with E-state index in [1.165, 1.54) is 36.4 Å². The Labute approximate surface area is 185 Å². The molecule has 0 bridgehead atoms. The third-order valence-electron chi connectivity index (χ3n) is 5.02. The third-order valence-corrected chi connectivity index (χ3v) is 10.2. The number of hydrogen-bond donors (Lipinski definition) is 0. The molecule has 9 heteroatoms. The summed E-state index contributed by atoms with van der Waals surface area (Å²) in [5, 5.41) is 0. The smallest absolute Gasteiger partial charge is 0.300 e. The summed E-state index contributed by atoms with van der Waals surface area (Å²) in [5.74, 6) is -3.26. The van der Waals surface area contributed by atoms with Crippen molar-refractivity contribution in [3.8, 4) is 0 Å². The lowest BCUT2D eigenvalue weighted by Gasteiger charge is -2.33. The Kier molecular flexibility index (Phi) is 6.61. The van der Waals surface area contributed by atoms with Crippen LogP contribution in [0.25, 0.3) is 0 Å². The molecule has 0 amide bonds. The number of rotatable bonds is 8. The van der Waals surface area contributed by atoms with Gasteiger partial charge in [-0.3, -0.25) is 0 Å². The summed E-state index contributed by atoms with van der Waals surface area (Å²) in [4.78, 5) is 10.9. The van der Waals surface area contributed by atoms with E-state index in [-0.39, 0.29) is 5.56 Å². The molecule has 0 unspecified atom stereocenters. The average molecular weight is 479 g/mol. The molecule has 32 heavy (non-hydrogen) atoms. The minimum atomic E-state index is -5.21. The number of hydrogen-bond acceptors (Lipinski definition) is 5. The number of carbonyl (C=O) groups is 1. The normalized spacial score (nSPS) is 13.5. The second kappa shape index (κ2) is 8.91. The van der Waals surface area contributed by atoms with Gasteiger partial charge in [0.05, 0.1) is 15.7 Å². The SMILES string of the molecule is CC(=O)C[C@H](c1ccc(F)cc1)C(F)(S(=O)(=O)c1ccccc1)S(=O)(=O)c1ccccc1. The molecule has 3 aromatic carbocycles. The molecule has 0 radical (unpaired) electrons. The van der Waals surface area contributed by atoms with Crippen LogP contribution in [0.1, 0.15) is 24.8 Å². The number of ketones is 1. The summed E-state index contributed by atoms with van der Waals surface area (Å²) in [7, 11) is -10.4. The van der Waals surface area contributed by atoms with E-state index >= 15 is 4.39 Å². The summed E-state index contributed by atoms with van der Waals surface area (Å²) in [6.07, 6.45) is -0.736. The van der Waals surface area contributed by atoms with Crippen molar-refractivity contribution in [2.45, 2.75) is 33.4 Å². The molecule has 0 aromatic heterocycles. The van der Waals surface area contributed by atoms with Gasteiger partial charge in [-0.2, -0.15) is 0 Å².